The molecule has 0 saturated heterocycles. The highest BCUT2D eigenvalue weighted by molar-refractivity contribution is 7.99. The molecular weight excluding hydrogens is 777 g/mol. The predicted molar refractivity (Wildman–Crippen MR) is 247 cm³/mol. The summed E-state index contributed by atoms with van der Waals surface area (Å²) in [6, 6.07) is 67.8. The lowest BCUT2D eigenvalue weighted by molar-refractivity contribution is 0.722. The Kier molecular flexibility index (Phi) is 8.54. The number of hydrogen-bond acceptors (Lipinski definition) is 7. The number of aromatic nitrogens is 6. The smallest absolute Gasteiger partial charge is 0.164 e. The lowest BCUT2D eigenvalue weighted by Gasteiger charge is -2.39. The van der Waals surface area contributed by atoms with Crippen LogP contribution in [-0.4, -0.2) is 29.9 Å². The zero-order chi connectivity index (χ0) is 41.0. The zero-order valence-corrected chi connectivity index (χ0v) is 34.0. The predicted octanol–water partition coefficient (Wildman–Crippen LogP) is 12.9. The SMILES string of the molecule is c1ccc(-c2nc(-c3ccccc3)nc(-c3cccc4c3-c3c(-c5cc(-c6ccccn6)nc(-c6ccccn6)c5)cccc3C43c4ccccc4Sc4ccccc43)n2)cc1. The third kappa shape index (κ3) is 5.74. The van der Waals surface area contributed by atoms with Gasteiger partial charge in [-0.05, 0) is 93.0 Å². The molecule has 0 amide bonds. The maximum atomic E-state index is 5.33. The minimum Gasteiger partial charge on any atom is -0.255 e. The highest BCUT2D eigenvalue weighted by atomic mass is 32.2. The van der Waals surface area contributed by atoms with Gasteiger partial charge in [0.2, 0.25) is 0 Å². The Balaban J connectivity index is 1.21. The summed E-state index contributed by atoms with van der Waals surface area (Å²) in [5.74, 6) is 1.84. The summed E-state index contributed by atoms with van der Waals surface area (Å²) in [6.45, 7) is 0. The van der Waals surface area contributed by atoms with Crippen LogP contribution in [0.1, 0.15) is 22.3 Å². The van der Waals surface area contributed by atoms with E-state index in [0.29, 0.717) is 17.5 Å². The lowest BCUT2D eigenvalue weighted by Crippen LogP contribution is -2.31. The van der Waals surface area contributed by atoms with Crippen molar-refractivity contribution in [3.8, 4) is 79.2 Å². The minimum atomic E-state index is -0.646. The average molecular weight is 811 g/mol. The standard InChI is InChI=1S/C55H34N6S/c1-3-17-35(18-4-1)52-59-53(36-19-5-2-6-20-36)61-54(60-52)39-22-16-26-43-51(39)50-38(37-33-46(44-27-11-13-31-56-44)58-47(34-37)45-28-12-14-32-57-45)21-15-25-42(50)55(43)40-23-7-9-29-48(40)62-49-30-10-8-24-41(49)55/h1-34H. The summed E-state index contributed by atoms with van der Waals surface area (Å²) >= 11 is 1.84. The minimum absolute atomic E-state index is 0.609. The molecule has 4 aromatic heterocycles. The highest BCUT2D eigenvalue weighted by Gasteiger charge is 2.51. The molecule has 62 heavy (non-hydrogen) atoms. The number of rotatable bonds is 6. The summed E-state index contributed by atoms with van der Waals surface area (Å²) in [5, 5.41) is 0. The van der Waals surface area contributed by atoms with E-state index in [4.69, 9.17) is 29.9 Å². The second-order valence-corrected chi connectivity index (χ2v) is 16.5. The van der Waals surface area contributed by atoms with Crippen LogP contribution in [0, 0.1) is 0 Å². The van der Waals surface area contributed by atoms with Crippen LogP contribution in [0.25, 0.3) is 79.2 Å². The van der Waals surface area contributed by atoms with E-state index in [1.54, 1.807) is 0 Å². The maximum Gasteiger partial charge on any atom is 0.164 e. The van der Waals surface area contributed by atoms with Gasteiger partial charge in [-0.25, -0.2) is 19.9 Å². The van der Waals surface area contributed by atoms with Crippen LogP contribution in [0.2, 0.25) is 0 Å². The Morgan fingerprint density at radius 2 is 0.774 bits per heavy atom. The van der Waals surface area contributed by atoms with Gasteiger partial charge in [0, 0.05) is 38.9 Å². The summed E-state index contributed by atoms with van der Waals surface area (Å²) in [5.41, 5.74) is 14.4. The van der Waals surface area contributed by atoms with E-state index in [0.717, 1.165) is 61.7 Å². The van der Waals surface area contributed by atoms with E-state index in [2.05, 4.69) is 121 Å². The molecule has 5 heterocycles. The van der Waals surface area contributed by atoms with Crippen molar-refractivity contribution in [2.75, 3.05) is 0 Å². The molecule has 7 heteroatoms. The fourth-order valence-corrected chi connectivity index (χ4v) is 10.5. The Morgan fingerprint density at radius 1 is 0.323 bits per heavy atom. The molecule has 0 N–H and O–H groups in total. The molecule has 0 bridgehead atoms. The Morgan fingerprint density at radius 3 is 1.31 bits per heavy atom. The molecule has 0 radical (unpaired) electrons. The first-order valence-electron chi connectivity index (χ1n) is 20.6. The Hall–Kier alpha value is -7.87. The molecule has 0 saturated carbocycles. The molecule has 1 aliphatic carbocycles. The van der Waals surface area contributed by atoms with Crippen LogP contribution in [0.15, 0.2) is 216 Å². The van der Waals surface area contributed by atoms with Gasteiger partial charge in [0.1, 0.15) is 0 Å². The van der Waals surface area contributed by atoms with E-state index in [1.807, 2.05) is 97.0 Å². The van der Waals surface area contributed by atoms with Crippen molar-refractivity contribution in [3.05, 3.63) is 229 Å². The number of pyridine rings is 3. The average Bonchev–Trinajstić information content (AvgIpc) is 3.65. The van der Waals surface area contributed by atoms with Crippen LogP contribution < -0.4 is 0 Å². The molecule has 2 aliphatic rings. The van der Waals surface area contributed by atoms with Gasteiger partial charge in [-0.2, -0.15) is 0 Å². The van der Waals surface area contributed by atoms with Crippen LogP contribution in [0.4, 0.5) is 0 Å². The van der Waals surface area contributed by atoms with Crippen LogP contribution in [-0.2, 0) is 5.41 Å². The quantitative estimate of drug-likeness (QED) is 0.165. The number of hydrogen-bond donors (Lipinski definition) is 0. The van der Waals surface area contributed by atoms with Crippen molar-refractivity contribution in [1.29, 1.82) is 0 Å². The molecule has 290 valence electrons. The van der Waals surface area contributed by atoms with Crippen molar-refractivity contribution < 1.29 is 0 Å². The van der Waals surface area contributed by atoms with Gasteiger partial charge in [0.25, 0.3) is 0 Å². The molecule has 1 aliphatic heterocycles. The van der Waals surface area contributed by atoms with Gasteiger partial charge in [-0.1, -0.05) is 157 Å². The first kappa shape index (κ1) is 36.0. The molecule has 6 nitrogen and oxygen atoms in total. The van der Waals surface area contributed by atoms with Crippen LogP contribution >= 0.6 is 11.8 Å². The third-order valence-corrected chi connectivity index (χ3v) is 13.1. The lowest BCUT2D eigenvalue weighted by atomic mass is 9.67. The van der Waals surface area contributed by atoms with Crippen molar-refractivity contribution in [1.82, 2.24) is 29.9 Å². The van der Waals surface area contributed by atoms with E-state index in [1.165, 1.54) is 32.0 Å². The largest absolute Gasteiger partial charge is 0.255 e. The fraction of sp³-hybridized carbons (Fsp3) is 0.0182. The Bertz CT molecular complexity index is 2980. The molecule has 1 spiro atoms. The molecule has 0 unspecified atom stereocenters. The molecule has 0 fully saturated rings. The monoisotopic (exact) mass is 810 g/mol. The number of fused-ring (bicyclic) bond motifs is 9. The van der Waals surface area contributed by atoms with Crippen molar-refractivity contribution >= 4 is 11.8 Å². The molecule has 12 rings (SSSR count). The summed E-state index contributed by atoms with van der Waals surface area (Å²) < 4.78 is 0. The van der Waals surface area contributed by atoms with Crippen molar-refractivity contribution in [2.45, 2.75) is 15.2 Å². The summed E-state index contributed by atoms with van der Waals surface area (Å²) in [4.78, 5) is 32.9. The topological polar surface area (TPSA) is 77.3 Å². The first-order valence-corrected chi connectivity index (χ1v) is 21.4. The van der Waals surface area contributed by atoms with Crippen LogP contribution in [0.3, 0.4) is 0 Å². The molecular formula is C55H34N6S. The van der Waals surface area contributed by atoms with Crippen molar-refractivity contribution in [2.24, 2.45) is 0 Å². The fourth-order valence-electron chi connectivity index (χ4n) is 9.32. The zero-order valence-electron chi connectivity index (χ0n) is 33.2. The van der Waals surface area contributed by atoms with Gasteiger partial charge in [-0.3, -0.25) is 9.97 Å². The second-order valence-electron chi connectivity index (χ2n) is 15.4. The third-order valence-electron chi connectivity index (χ3n) is 11.9. The van der Waals surface area contributed by atoms with E-state index >= 15 is 0 Å². The molecule has 6 aromatic carbocycles. The Labute approximate surface area is 363 Å². The van der Waals surface area contributed by atoms with E-state index < -0.39 is 5.41 Å². The van der Waals surface area contributed by atoms with Gasteiger partial charge >= 0.3 is 0 Å². The van der Waals surface area contributed by atoms with Gasteiger partial charge in [0.05, 0.1) is 28.2 Å². The van der Waals surface area contributed by atoms with Crippen molar-refractivity contribution in [3.63, 3.8) is 0 Å². The van der Waals surface area contributed by atoms with E-state index in [9.17, 15) is 0 Å². The second kappa shape index (κ2) is 14.7. The summed E-state index contributed by atoms with van der Waals surface area (Å²) in [6.07, 6.45) is 3.63. The van der Waals surface area contributed by atoms with Gasteiger partial charge < -0.3 is 0 Å². The van der Waals surface area contributed by atoms with Crippen LogP contribution in [0.5, 0.6) is 0 Å². The van der Waals surface area contributed by atoms with E-state index in [-0.39, 0.29) is 0 Å². The molecule has 0 atom stereocenters. The number of benzene rings is 6. The highest BCUT2D eigenvalue weighted by Crippen LogP contribution is 2.64. The van der Waals surface area contributed by atoms with Gasteiger partial charge in [0.15, 0.2) is 17.5 Å². The normalized spacial score (nSPS) is 12.9. The van der Waals surface area contributed by atoms with Gasteiger partial charge in [-0.15, -0.1) is 0 Å². The summed E-state index contributed by atoms with van der Waals surface area (Å²) in [7, 11) is 0. The molecule has 10 aromatic rings. The number of nitrogens with zero attached hydrogens (tertiary/aromatic N) is 6. The maximum absolute atomic E-state index is 5.33. The first-order chi connectivity index (χ1) is 30.7.